The molecule has 0 aromatic carbocycles. The number of hydrogen-bond donors (Lipinski definition) is 0. The molecule has 2 atom stereocenters. The van der Waals surface area contributed by atoms with E-state index in [1.807, 2.05) is 6.92 Å². The maximum absolute atomic E-state index is 11.8. The van der Waals surface area contributed by atoms with Crippen molar-refractivity contribution in [3.63, 3.8) is 0 Å². The third kappa shape index (κ3) is 5.53. The molecule has 0 rings (SSSR count). The highest BCUT2D eigenvalue weighted by Gasteiger charge is 2.41. The lowest BCUT2D eigenvalue weighted by molar-refractivity contribution is -0.125. The number of allylic oxidation sites excluding steroid dienone is 1. The van der Waals surface area contributed by atoms with Crippen LogP contribution < -0.4 is 0 Å². The molecule has 0 radical (unpaired) electrons. The van der Waals surface area contributed by atoms with Gasteiger partial charge < -0.3 is 4.43 Å². The van der Waals surface area contributed by atoms with Crippen LogP contribution in [0.2, 0.25) is 18.1 Å². The first-order valence-electron chi connectivity index (χ1n) is 6.40. The zero-order valence-corrected chi connectivity index (χ0v) is 16.1. The van der Waals surface area contributed by atoms with Crippen molar-refractivity contribution in [3.8, 4) is 0 Å². The molecule has 0 amide bonds. The second-order valence-electron chi connectivity index (χ2n) is 6.52. The van der Waals surface area contributed by atoms with Crippen molar-refractivity contribution in [3.05, 3.63) is 9.66 Å². The molecule has 2 nitrogen and oxygen atoms in total. The van der Waals surface area contributed by atoms with Crippen LogP contribution in [-0.2, 0) is 9.22 Å². The van der Waals surface area contributed by atoms with Crippen molar-refractivity contribution in [1.29, 1.82) is 0 Å². The second kappa shape index (κ2) is 6.66. The fourth-order valence-corrected chi connectivity index (χ4v) is 3.44. The summed E-state index contributed by atoms with van der Waals surface area (Å²) in [5.74, 6) is 0.259. The number of Topliss-reactive ketones (excluding diaryl/α,β-unsaturated/α-hetero) is 1. The molecule has 0 aliphatic heterocycles. The van der Waals surface area contributed by atoms with Gasteiger partial charge in [-0.1, -0.05) is 33.8 Å². The third-order valence-electron chi connectivity index (χ3n) is 3.60. The number of rotatable bonds is 5. The molecule has 106 valence electrons. The highest BCUT2D eigenvalue weighted by Crippen LogP contribution is 2.38. The van der Waals surface area contributed by atoms with Gasteiger partial charge in [-0.25, -0.2) is 0 Å². The Kier molecular flexibility index (Phi) is 6.77. The zero-order chi connectivity index (χ0) is 14.7. The molecule has 0 N–H and O–H groups in total. The lowest BCUT2D eigenvalue weighted by atomic mass is 10.0. The third-order valence-corrected chi connectivity index (χ3v) is 8.41. The Morgan fingerprint density at radius 1 is 1.28 bits per heavy atom. The average Bonchev–Trinajstić information content (AvgIpc) is 2.10. The first-order chi connectivity index (χ1) is 7.88. The van der Waals surface area contributed by atoms with Crippen LogP contribution in [-0.4, -0.2) is 20.2 Å². The summed E-state index contributed by atoms with van der Waals surface area (Å²) in [7, 11) is -1.90. The van der Waals surface area contributed by atoms with Crippen LogP contribution in [0.5, 0.6) is 0 Å². The highest BCUT2D eigenvalue weighted by molar-refractivity contribution is 14.1. The number of hydrogen-bond acceptors (Lipinski definition) is 2. The van der Waals surface area contributed by atoms with Crippen LogP contribution in [0.3, 0.4) is 0 Å². The van der Waals surface area contributed by atoms with E-state index in [4.69, 9.17) is 4.43 Å². The fraction of sp³-hybridized carbons (Fsp3) is 0.786. The number of carbonyl (C=O) groups is 1. The van der Waals surface area contributed by atoms with Crippen LogP contribution >= 0.6 is 22.6 Å². The largest absolute Gasteiger partial charge is 0.406 e. The molecule has 0 bridgehead atoms. The summed E-state index contributed by atoms with van der Waals surface area (Å²) in [4.78, 5) is 11.8. The topological polar surface area (TPSA) is 26.3 Å². The Morgan fingerprint density at radius 3 is 2.00 bits per heavy atom. The Bertz CT molecular complexity index is 325. The molecule has 0 unspecified atom stereocenters. The van der Waals surface area contributed by atoms with Crippen molar-refractivity contribution < 1.29 is 9.22 Å². The fourth-order valence-electron chi connectivity index (χ4n) is 1.50. The Balaban J connectivity index is 5.08. The molecule has 0 aliphatic rings. The second-order valence-corrected chi connectivity index (χ2v) is 13.0. The molecule has 0 saturated heterocycles. The summed E-state index contributed by atoms with van der Waals surface area (Å²) >= 11 is 2.27. The van der Waals surface area contributed by atoms with E-state index < -0.39 is 8.32 Å². The minimum Gasteiger partial charge on any atom is -0.406 e. The smallest absolute Gasteiger partial charge is 0.193 e. The predicted octanol–water partition coefficient (Wildman–Crippen LogP) is 4.94. The van der Waals surface area contributed by atoms with E-state index in [1.165, 1.54) is 3.58 Å². The molecule has 18 heavy (non-hydrogen) atoms. The molecule has 0 saturated carbocycles. The Morgan fingerprint density at radius 2 is 1.72 bits per heavy atom. The van der Waals surface area contributed by atoms with Gasteiger partial charge in [0.1, 0.15) is 6.10 Å². The van der Waals surface area contributed by atoms with Crippen LogP contribution in [0.15, 0.2) is 9.66 Å². The zero-order valence-electron chi connectivity index (χ0n) is 12.9. The van der Waals surface area contributed by atoms with Gasteiger partial charge >= 0.3 is 0 Å². The lowest BCUT2D eigenvalue weighted by Crippen LogP contribution is -2.47. The highest BCUT2D eigenvalue weighted by atomic mass is 127. The van der Waals surface area contributed by atoms with E-state index >= 15 is 0 Å². The molecule has 0 aromatic heterocycles. The minimum atomic E-state index is -1.90. The van der Waals surface area contributed by atoms with Crippen LogP contribution in [0, 0.1) is 5.92 Å². The van der Waals surface area contributed by atoms with Crippen LogP contribution in [0.25, 0.3) is 0 Å². The molecule has 0 heterocycles. The minimum absolute atomic E-state index is 0.126. The van der Waals surface area contributed by atoms with E-state index in [0.717, 1.165) is 0 Å². The first-order valence-corrected chi connectivity index (χ1v) is 10.4. The van der Waals surface area contributed by atoms with Crippen LogP contribution in [0.1, 0.15) is 41.5 Å². The number of carbonyl (C=O) groups excluding carboxylic acids is 1. The van der Waals surface area contributed by atoms with Gasteiger partial charge in [-0.3, -0.25) is 4.79 Å². The maximum atomic E-state index is 11.8. The maximum Gasteiger partial charge on any atom is 0.193 e. The van der Waals surface area contributed by atoms with E-state index in [-0.39, 0.29) is 22.8 Å². The molecule has 4 heteroatoms. The van der Waals surface area contributed by atoms with Crippen molar-refractivity contribution in [2.75, 3.05) is 0 Å². The van der Waals surface area contributed by atoms with E-state index in [9.17, 15) is 4.79 Å². The van der Waals surface area contributed by atoms with E-state index in [2.05, 4.69) is 69.5 Å². The van der Waals surface area contributed by atoms with Gasteiger partial charge in [-0.05, 0) is 58.2 Å². The van der Waals surface area contributed by atoms with Crippen molar-refractivity contribution in [1.82, 2.24) is 0 Å². The Labute approximate surface area is 127 Å². The summed E-state index contributed by atoms with van der Waals surface area (Å²) in [5.41, 5.74) is 0. The normalized spacial score (nSPS) is 17.5. The molecule has 0 aliphatic carbocycles. The summed E-state index contributed by atoms with van der Waals surface area (Å²) in [6.45, 7) is 16.7. The van der Waals surface area contributed by atoms with Gasteiger partial charge in [-0.2, -0.15) is 0 Å². The average molecular weight is 382 g/mol. The summed E-state index contributed by atoms with van der Waals surface area (Å²) < 4.78 is 7.47. The van der Waals surface area contributed by atoms with E-state index in [1.54, 1.807) is 6.92 Å². The van der Waals surface area contributed by atoms with Gasteiger partial charge in [-0.15, -0.1) is 0 Å². The van der Waals surface area contributed by atoms with Crippen LogP contribution in [0.4, 0.5) is 0 Å². The van der Waals surface area contributed by atoms with Crippen molar-refractivity contribution >= 4 is 36.7 Å². The SMILES string of the molecule is CC(=O)[C@@H](O[Si](C)(C)C(C)(C)C)[C@@H](C)/C=C(/C)I. The van der Waals surface area contributed by atoms with Crippen molar-refractivity contribution in [2.45, 2.75) is 65.8 Å². The van der Waals surface area contributed by atoms with Gasteiger partial charge in [0.05, 0.1) is 0 Å². The first kappa shape index (κ1) is 18.3. The monoisotopic (exact) mass is 382 g/mol. The van der Waals surface area contributed by atoms with Gasteiger partial charge in [0.25, 0.3) is 0 Å². The number of halogens is 1. The molecule has 0 spiro atoms. The van der Waals surface area contributed by atoms with E-state index in [0.29, 0.717) is 0 Å². The quantitative estimate of drug-likeness (QED) is 0.497. The lowest BCUT2D eigenvalue weighted by Gasteiger charge is -2.39. The molecule has 0 fully saturated rings. The van der Waals surface area contributed by atoms with Gasteiger partial charge in [0, 0.05) is 5.92 Å². The molecular formula is C14H27IO2Si. The summed E-state index contributed by atoms with van der Waals surface area (Å²) in [6.07, 6.45) is 1.80. The van der Waals surface area contributed by atoms with Gasteiger partial charge in [0.15, 0.2) is 14.1 Å². The number of ketones is 1. The summed E-state index contributed by atoms with van der Waals surface area (Å²) in [5, 5.41) is 0.128. The molecular weight excluding hydrogens is 355 g/mol. The Hall–Kier alpha value is 0.317. The van der Waals surface area contributed by atoms with Gasteiger partial charge in [0.2, 0.25) is 0 Å². The summed E-state index contributed by atoms with van der Waals surface area (Å²) in [6, 6.07) is 0. The predicted molar refractivity (Wildman–Crippen MR) is 89.7 cm³/mol. The standard InChI is InChI=1S/C14H27IO2Si/c1-10(9-11(2)15)13(12(3)16)17-18(7,8)14(4,5)6/h9-10,13H,1-8H3/b11-9-/t10-,13-/m0/s1. The molecule has 0 aromatic rings. The van der Waals surface area contributed by atoms with Crippen molar-refractivity contribution in [2.24, 2.45) is 5.92 Å².